The third-order valence-electron chi connectivity index (χ3n) is 2.64. The number of hydrogen-bond donors (Lipinski definition) is 1. The number of amides is 1. The minimum Gasteiger partial charge on any atom is -0.466 e. The molecule has 0 radical (unpaired) electrons. The van der Waals surface area contributed by atoms with Gasteiger partial charge in [-0.25, -0.2) is 9.18 Å². The molecule has 1 aliphatic heterocycles. The molecule has 116 valence electrons. The van der Waals surface area contributed by atoms with Crippen molar-refractivity contribution in [3.8, 4) is 12.3 Å². The summed E-state index contributed by atoms with van der Waals surface area (Å²) in [6.45, 7) is 0. The van der Waals surface area contributed by atoms with Gasteiger partial charge < -0.3 is 4.74 Å². The van der Waals surface area contributed by atoms with Gasteiger partial charge in [-0.1, -0.05) is 12.0 Å². The number of nitrogens with one attached hydrogen (secondary N) is 1. The number of esters is 1. The predicted octanol–water partition coefficient (Wildman–Crippen LogP) is 1.42. The summed E-state index contributed by atoms with van der Waals surface area (Å²) in [7, 11) is 1.20. The molecule has 6 nitrogen and oxygen atoms in total. The van der Waals surface area contributed by atoms with E-state index in [-0.39, 0.29) is 15.6 Å². The second-order valence-corrected chi connectivity index (χ2v) is 5.11. The van der Waals surface area contributed by atoms with Crippen molar-refractivity contribution in [1.29, 1.82) is 0 Å². The summed E-state index contributed by atoms with van der Waals surface area (Å²) in [6.07, 6.45) is 7.48. The Labute approximate surface area is 135 Å². The van der Waals surface area contributed by atoms with E-state index in [2.05, 4.69) is 26.2 Å². The molecule has 1 fully saturated rings. The number of nitrogens with zero attached hydrogens (tertiary/aromatic N) is 2. The third-order valence-corrected chi connectivity index (χ3v) is 3.55. The largest absolute Gasteiger partial charge is 0.466 e. The van der Waals surface area contributed by atoms with E-state index in [9.17, 15) is 14.0 Å². The van der Waals surface area contributed by atoms with Gasteiger partial charge in [0.2, 0.25) is 0 Å². The van der Waals surface area contributed by atoms with E-state index in [0.717, 1.165) is 24.1 Å². The first-order valence-corrected chi connectivity index (χ1v) is 7.01. The molecule has 1 aromatic rings. The molecular weight excluding hydrogens is 321 g/mol. The van der Waals surface area contributed by atoms with E-state index in [1.54, 1.807) is 6.07 Å². The maximum Gasteiger partial charge on any atom is 0.331 e. The Kier molecular flexibility index (Phi) is 5.28. The summed E-state index contributed by atoms with van der Waals surface area (Å²) in [4.78, 5) is 22.8. The number of benzene rings is 1. The molecule has 23 heavy (non-hydrogen) atoms. The van der Waals surface area contributed by atoms with Crippen LogP contribution in [-0.2, 0) is 14.3 Å². The first-order chi connectivity index (χ1) is 11.0. The molecule has 0 bridgehead atoms. The number of amidine groups is 1. The molecule has 0 saturated carbocycles. The lowest BCUT2D eigenvalue weighted by Crippen LogP contribution is -2.19. The van der Waals surface area contributed by atoms with Gasteiger partial charge in [0.1, 0.15) is 5.82 Å². The molecule has 1 amide bonds. The molecule has 0 unspecified atom stereocenters. The highest BCUT2D eigenvalue weighted by Gasteiger charge is 2.25. The summed E-state index contributed by atoms with van der Waals surface area (Å²) < 4.78 is 18.1. The molecule has 0 aromatic heterocycles. The van der Waals surface area contributed by atoms with E-state index >= 15 is 0 Å². The van der Waals surface area contributed by atoms with Crippen LogP contribution in [0.15, 0.2) is 39.4 Å². The Morgan fingerprint density at radius 2 is 2.30 bits per heavy atom. The SMILES string of the molecule is C#Cc1cccc(F)c1C=N/N=C1/NC(=O)/C(=C\C(=O)OC)S1. The fraction of sp³-hybridized carbons (Fsp3) is 0.0667. The Hall–Kier alpha value is -2.92. The van der Waals surface area contributed by atoms with Crippen molar-refractivity contribution in [2.75, 3.05) is 7.11 Å². The number of carbonyl (C=O) groups excluding carboxylic acids is 2. The van der Waals surface area contributed by atoms with E-state index < -0.39 is 17.7 Å². The van der Waals surface area contributed by atoms with Gasteiger partial charge in [0.05, 0.1) is 18.2 Å². The van der Waals surface area contributed by atoms with E-state index in [4.69, 9.17) is 6.42 Å². The number of hydrogen-bond acceptors (Lipinski definition) is 6. The Morgan fingerprint density at radius 1 is 1.52 bits per heavy atom. The smallest absolute Gasteiger partial charge is 0.331 e. The molecule has 1 aromatic carbocycles. The second kappa shape index (κ2) is 7.38. The number of rotatable bonds is 3. The number of thioether (sulfide) groups is 1. The number of carbonyl (C=O) groups is 2. The summed E-state index contributed by atoms with van der Waals surface area (Å²) >= 11 is 0.914. The molecule has 1 heterocycles. The van der Waals surface area contributed by atoms with Crippen molar-refractivity contribution in [3.05, 3.63) is 46.1 Å². The first-order valence-electron chi connectivity index (χ1n) is 6.20. The van der Waals surface area contributed by atoms with Crippen LogP contribution < -0.4 is 5.32 Å². The lowest BCUT2D eigenvalue weighted by Gasteiger charge is -1.98. The molecule has 1 N–H and O–H groups in total. The number of ether oxygens (including phenoxy) is 1. The Balaban J connectivity index is 2.17. The quantitative estimate of drug-likeness (QED) is 0.299. The summed E-state index contributed by atoms with van der Waals surface area (Å²) in [6, 6.07) is 4.31. The van der Waals surface area contributed by atoms with Gasteiger partial charge in [-0.3, -0.25) is 10.1 Å². The second-order valence-electron chi connectivity index (χ2n) is 4.08. The van der Waals surface area contributed by atoms with Crippen LogP contribution in [0.25, 0.3) is 0 Å². The summed E-state index contributed by atoms with van der Waals surface area (Å²) in [5.41, 5.74) is 0.460. The van der Waals surface area contributed by atoms with Gasteiger partial charge >= 0.3 is 5.97 Å². The number of methoxy groups -OCH3 is 1. The minimum absolute atomic E-state index is 0.124. The maximum absolute atomic E-state index is 13.7. The fourth-order valence-corrected chi connectivity index (χ4v) is 2.31. The predicted molar refractivity (Wildman–Crippen MR) is 85.2 cm³/mol. The lowest BCUT2D eigenvalue weighted by atomic mass is 10.1. The van der Waals surface area contributed by atoms with Crippen LogP contribution in [0.1, 0.15) is 11.1 Å². The number of halogens is 1. The van der Waals surface area contributed by atoms with Crippen LogP contribution in [-0.4, -0.2) is 30.4 Å². The highest BCUT2D eigenvalue weighted by atomic mass is 32.2. The molecule has 0 atom stereocenters. The zero-order valence-electron chi connectivity index (χ0n) is 11.9. The zero-order chi connectivity index (χ0) is 16.8. The molecule has 2 rings (SSSR count). The normalized spacial score (nSPS) is 17.5. The van der Waals surface area contributed by atoms with Crippen LogP contribution in [0.2, 0.25) is 0 Å². The topological polar surface area (TPSA) is 80.1 Å². The van der Waals surface area contributed by atoms with Gasteiger partial charge in [0.15, 0.2) is 5.17 Å². The van der Waals surface area contributed by atoms with Gasteiger partial charge in [0.25, 0.3) is 5.91 Å². The lowest BCUT2D eigenvalue weighted by molar-refractivity contribution is -0.135. The number of terminal acetylenes is 1. The standard InChI is InChI=1S/C15H10FN3O3S/c1-3-9-5-4-6-11(16)10(9)8-17-19-15-18-14(21)12(23-15)7-13(20)22-2/h1,4-8H,2H3,(H,18,19,21)/b12-7+,17-8?. The maximum atomic E-state index is 13.7. The molecule has 0 aliphatic carbocycles. The molecular formula is C15H10FN3O3S. The summed E-state index contributed by atoms with van der Waals surface area (Å²) in [5, 5.41) is 10.0. The van der Waals surface area contributed by atoms with Crippen LogP contribution in [0, 0.1) is 18.2 Å². The van der Waals surface area contributed by atoms with E-state index in [1.165, 1.54) is 19.2 Å². The van der Waals surface area contributed by atoms with Crippen molar-refractivity contribution in [2.24, 2.45) is 10.2 Å². The molecule has 1 saturated heterocycles. The molecule has 0 spiro atoms. The Morgan fingerprint density at radius 3 is 3.00 bits per heavy atom. The van der Waals surface area contributed by atoms with Gasteiger partial charge in [-0.05, 0) is 23.9 Å². The van der Waals surface area contributed by atoms with Crippen LogP contribution in [0.4, 0.5) is 4.39 Å². The Bertz CT molecular complexity index is 794. The fourth-order valence-electron chi connectivity index (χ4n) is 1.57. The van der Waals surface area contributed by atoms with Crippen molar-refractivity contribution in [3.63, 3.8) is 0 Å². The zero-order valence-corrected chi connectivity index (χ0v) is 12.7. The van der Waals surface area contributed by atoms with Crippen molar-refractivity contribution in [1.82, 2.24) is 5.32 Å². The molecule has 1 aliphatic rings. The van der Waals surface area contributed by atoms with Crippen LogP contribution in [0.5, 0.6) is 0 Å². The third kappa shape index (κ3) is 4.05. The van der Waals surface area contributed by atoms with Crippen molar-refractivity contribution >= 4 is 35.0 Å². The molecule has 8 heteroatoms. The van der Waals surface area contributed by atoms with Crippen LogP contribution >= 0.6 is 11.8 Å². The van der Waals surface area contributed by atoms with E-state index in [1.807, 2.05) is 0 Å². The van der Waals surface area contributed by atoms with Gasteiger partial charge in [0, 0.05) is 17.2 Å². The highest BCUT2D eigenvalue weighted by molar-refractivity contribution is 8.18. The van der Waals surface area contributed by atoms with Gasteiger partial charge in [-0.2, -0.15) is 5.10 Å². The van der Waals surface area contributed by atoms with Crippen molar-refractivity contribution in [2.45, 2.75) is 0 Å². The van der Waals surface area contributed by atoms with Crippen LogP contribution in [0.3, 0.4) is 0 Å². The van der Waals surface area contributed by atoms with Crippen molar-refractivity contribution < 1.29 is 18.7 Å². The highest BCUT2D eigenvalue weighted by Crippen LogP contribution is 2.23. The van der Waals surface area contributed by atoms with Gasteiger partial charge in [-0.15, -0.1) is 11.5 Å². The van der Waals surface area contributed by atoms with E-state index in [0.29, 0.717) is 5.56 Å². The summed E-state index contributed by atoms with van der Waals surface area (Å²) in [5.74, 6) is 0.662. The first kappa shape index (κ1) is 16.5. The average Bonchev–Trinajstić information content (AvgIpc) is 2.88. The minimum atomic E-state index is -0.655. The monoisotopic (exact) mass is 331 g/mol. The average molecular weight is 331 g/mol.